The molecule has 0 amide bonds. The molecule has 1 aromatic carbocycles. The topological polar surface area (TPSA) is 84.9 Å². The molecule has 1 aliphatic heterocycles. The zero-order valence-electron chi connectivity index (χ0n) is 22.2. The maximum absolute atomic E-state index is 10.5. The van der Waals surface area contributed by atoms with Gasteiger partial charge >= 0.3 is 0 Å². The van der Waals surface area contributed by atoms with Crippen molar-refractivity contribution in [3.8, 4) is 5.75 Å². The van der Waals surface area contributed by atoms with Crippen molar-refractivity contribution in [2.45, 2.75) is 110 Å². The highest BCUT2D eigenvalue weighted by Crippen LogP contribution is 2.51. The summed E-state index contributed by atoms with van der Waals surface area (Å²) < 4.78 is 12.7. The Morgan fingerprint density at radius 1 is 1.00 bits per heavy atom. The van der Waals surface area contributed by atoms with E-state index in [9.17, 15) is 10.2 Å². The molecule has 2 rings (SSSR count). The molecule has 0 spiro atoms. The molecule has 5 nitrogen and oxygen atoms in total. The van der Waals surface area contributed by atoms with Crippen molar-refractivity contribution in [1.29, 1.82) is 0 Å². The van der Waals surface area contributed by atoms with Crippen LogP contribution in [0.3, 0.4) is 0 Å². The standard InChI is InChI=1S/C27H47NO4S/c1-18-16-22(32-23(31-18)20-17-19(33-9)10-11-21(20)30)26(6,7)24(2,3)12-13-27(8,28)25(4,5)14-15-29/h10-11,17-18,22-23,29-30H,12-16,28H2,1-9H3. The largest absolute Gasteiger partial charge is 0.507 e. The molecule has 6 heteroatoms. The Morgan fingerprint density at radius 3 is 2.21 bits per heavy atom. The van der Waals surface area contributed by atoms with Crippen LogP contribution < -0.4 is 5.73 Å². The Morgan fingerprint density at radius 2 is 1.64 bits per heavy atom. The van der Waals surface area contributed by atoms with Gasteiger partial charge in [-0.25, -0.2) is 0 Å². The molecule has 0 bridgehead atoms. The lowest BCUT2D eigenvalue weighted by molar-refractivity contribution is -0.276. The van der Waals surface area contributed by atoms with Crippen molar-refractivity contribution in [3.05, 3.63) is 23.8 Å². The Kier molecular flexibility index (Phi) is 9.01. The number of thioether (sulfide) groups is 1. The highest BCUT2D eigenvalue weighted by atomic mass is 32.2. The second kappa shape index (κ2) is 10.4. The number of aliphatic hydroxyl groups excluding tert-OH is 1. The summed E-state index contributed by atoms with van der Waals surface area (Å²) in [7, 11) is 0. The smallest absolute Gasteiger partial charge is 0.188 e. The van der Waals surface area contributed by atoms with E-state index < -0.39 is 6.29 Å². The van der Waals surface area contributed by atoms with Crippen molar-refractivity contribution in [1.82, 2.24) is 0 Å². The van der Waals surface area contributed by atoms with E-state index in [2.05, 4.69) is 55.4 Å². The third-order valence-corrected chi connectivity index (χ3v) is 9.51. The van der Waals surface area contributed by atoms with Gasteiger partial charge in [0.25, 0.3) is 0 Å². The Balaban J connectivity index is 2.23. The predicted molar refractivity (Wildman–Crippen MR) is 138 cm³/mol. The first-order chi connectivity index (χ1) is 15.1. The van der Waals surface area contributed by atoms with Gasteiger partial charge in [0.1, 0.15) is 5.75 Å². The van der Waals surface area contributed by atoms with Gasteiger partial charge in [-0.15, -0.1) is 11.8 Å². The van der Waals surface area contributed by atoms with E-state index in [4.69, 9.17) is 15.2 Å². The van der Waals surface area contributed by atoms with Crippen molar-refractivity contribution < 1.29 is 19.7 Å². The van der Waals surface area contributed by atoms with Gasteiger partial charge in [-0.2, -0.15) is 0 Å². The van der Waals surface area contributed by atoms with Crippen molar-refractivity contribution in [3.63, 3.8) is 0 Å². The lowest BCUT2D eigenvalue weighted by atomic mass is 9.59. The van der Waals surface area contributed by atoms with Gasteiger partial charge in [0.15, 0.2) is 6.29 Å². The second-order valence-electron chi connectivity index (χ2n) is 11.9. The lowest BCUT2D eigenvalue weighted by Gasteiger charge is -2.52. The van der Waals surface area contributed by atoms with E-state index in [1.807, 2.05) is 18.4 Å². The number of aromatic hydroxyl groups is 1. The highest BCUT2D eigenvalue weighted by Gasteiger charge is 2.48. The fourth-order valence-electron chi connectivity index (χ4n) is 4.50. The summed E-state index contributed by atoms with van der Waals surface area (Å²) in [4.78, 5) is 1.07. The van der Waals surface area contributed by atoms with Crippen LogP contribution in [-0.4, -0.2) is 40.8 Å². The summed E-state index contributed by atoms with van der Waals surface area (Å²) >= 11 is 1.63. The second-order valence-corrected chi connectivity index (χ2v) is 12.8. The van der Waals surface area contributed by atoms with E-state index in [0.29, 0.717) is 12.0 Å². The molecule has 0 aliphatic carbocycles. The van der Waals surface area contributed by atoms with Gasteiger partial charge in [0, 0.05) is 23.5 Å². The minimum absolute atomic E-state index is 0.0180. The monoisotopic (exact) mass is 481 g/mol. The number of ether oxygens (including phenoxy) is 2. The van der Waals surface area contributed by atoms with Gasteiger partial charge in [0.2, 0.25) is 0 Å². The molecular weight excluding hydrogens is 434 g/mol. The van der Waals surface area contributed by atoms with Gasteiger partial charge in [-0.1, -0.05) is 41.5 Å². The van der Waals surface area contributed by atoms with Crippen LogP contribution in [0.5, 0.6) is 5.75 Å². The minimum atomic E-state index is -0.593. The van der Waals surface area contributed by atoms with Crippen LogP contribution in [0.25, 0.3) is 0 Å². The predicted octanol–water partition coefficient (Wildman–Crippen LogP) is 6.27. The maximum Gasteiger partial charge on any atom is 0.188 e. The van der Waals surface area contributed by atoms with Crippen molar-refractivity contribution >= 4 is 11.8 Å². The van der Waals surface area contributed by atoms with Crippen LogP contribution >= 0.6 is 11.8 Å². The van der Waals surface area contributed by atoms with E-state index in [0.717, 1.165) is 24.2 Å². The fourth-order valence-corrected chi connectivity index (χ4v) is 4.95. The average molecular weight is 482 g/mol. The zero-order valence-corrected chi connectivity index (χ0v) is 23.0. The quantitative estimate of drug-likeness (QED) is 0.342. The maximum atomic E-state index is 10.5. The molecular formula is C27H47NO4S. The van der Waals surface area contributed by atoms with Crippen LogP contribution in [-0.2, 0) is 9.47 Å². The number of hydrogen-bond acceptors (Lipinski definition) is 6. The molecule has 0 radical (unpaired) electrons. The highest BCUT2D eigenvalue weighted by molar-refractivity contribution is 7.98. The molecule has 33 heavy (non-hydrogen) atoms. The van der Waals surface area contributed by atoms with Crippen molar-refractivity contribution in [2.24, 2.45) is 22.0 Å². The van der Waals surface area contributed by atoms with Crippen LogP contribution in [0, 0.1) is 16.2 Å². The van der Waals surface area contributed by atoms with E-state index in [-0.39, 0.29) is 46.3 Å². The molecule has 0 aromatic heterocycles. The van der Waals surface area contributed by atoms with E-state index in [1.165, 1.54) is 0 Å². The fraction of sp³-hybridized carbons (Fsp3) is 0.778. The molecule has 1 fully saturated rings. The summed E-state index contributed by atoms with van der Waals surface area (Å²) in [5, 5.41) is 20.0. The molecule has 1 aliphatic rings. The van der Waals surface area contributed by atoms with Gasteiger partial charge in [-0.3, -0.25) is 0 Å². The molecule has 4 N–H and O–H groups in total. The molecule has 4 unspecified atom stereocenters. The minimum Gasteiger partial charge on any atom is -0.507 e. The molecule has 0 saturated carbocycles. The van der Waals surface area contributed by atoms with Crippen LogP contribution in [0.2, 0.25) is 0 Å². The van der Waals surface area contributed by atoms with Crippen LogP contribution in [0.15, 0.2) is 23.1 Å². The number of phenolic OH excluding ortho intramolecular Hbond substituents is 1. The summed E-state index contributed by atoms with van der Waals surface area (Å²) in [6, 6.07) is 5.58. The number of benzene rings is 1. The number of rotatable bonds is 10. The van der Waals surface area contributed by atoms with E-state index in [1.54, 1.807) is 17.8 Å². The molecule has 4 atom stereocenters. The zero-order chi connectivity index (χ0) is 25.2. The number of nitrogens with two attached hydrogens (primary N) is 1. The number of aliphatic hydroxyl groups is 1. The first kappa shape index (κ1) is 28.4. The van der Waals surface area contributed by atoms with Gasteiger partial charge < -0.3 is 25.4 Å². The number of hydrogen-bond donors (Lipinski definition) is 3. The molecule has 1 aromatic rings. The van der Waals surface area contributed by atoms with E-state index >= 15 is 0 Å². The first-order valence-corrected chi connectivity index (χ1v) is 13.4. The third kappa shape index (κ3) is 6.26. The Hall–Kier alpha value is -0.790. The molecule has 1 heterocycles. The van der Waals surface area contributed by atoms with Gasteiger partial charge in [-0.05, 0) is 73.8 Å². The van der Waals surface area contributed by atoms with Crippen LogP contribution in [0.4, 0.5) is 0 Å². The average Bonchev–Trinajstić information content (AvgIpc) is 2.72. The van der Waals surface area contributed by atoms with Crippen molar-refractivity contribution in [2.75, 3.05) is 12.9 Å². The Bertz CT molecular complexity index is 790. The first-order valence-electron chi connectivity index (χ1n) is 12.2. The normalized spacial score (nSPS) is 24.5. The summed E-state index contributed by atoms with van der Waals surface area (Å²) in [5.41, 5.74) is 6.71. The SMILES string of the molecule is CSc1ccc(O)c(C2OC(C)CC(C(C)(C)C(C)(C)CCC(C)(N)C(C)(C)CCO)O2)c1. The summed E-state index contributed by atoms with van der Waals surface area (Å²) in [6.07, 6.45) is 4.69. The summed E-state index contributed by atoms with van der Waals surface area (Å²) in [5.74, 6) is 0.202. The lowest BCUT2D eigenvalue weighted by Crippen LogP contribution is -2.53. The molecule has 1 saturated heterocycles. The Labute approximate surface area is 205 Å². The molecule has 190 valence electrons. The third-order valence-electron chi connectivity index (χ3n) is 8.78. The number of phenols is 1. The summed E-state index contributed by atoms with van der Waals surface area (Å²) in [6.45, 7) is 17.8. The van der Waals surface area contributed by atoms with Crippen LogP contribution in [0.1, 0.15) is 92.9 Å². The van der Waals surface area contributed by atoms with Gasteiger partial charge in [0.05, 0.1) is 17.8 Å².